The third-order valence-corrected chi connectivity index (χ3v) is 9.02. The summed E-state index contributed by atoms with van der Waals surface area (Å²) in [6.45, 7) is 5.07. The Morgan fingerprint density at radius 3 is 2.27 bits per heavy atom. The minimum Gasteiger partial charge on any atom is -0.371 e. The van der Waals surface area contributed by atoms with E-state index in [0.717, 1.165) is 75.9 Å². The predicted octanol–water partition coefficient (Wildman–Crippen LogP) is 3.28. The Morgan fingerprint density at radius 2 is 1.63 bits per heavy atom. The standard InChI is InChI=1S/C32H38N4O5/c1-34(29-8-9-30(39)33-31(29)40)32(41)28-7-6-27(18-26(28)21-38)36-16-10-22(11-17-36)19-35-14-12-25(13-15-35)24-4-2-23(20-37)3-5-24/h2-7,18,20-22,25,29H,8-17,19H2,1H3,(H,33,39,40). The first-order valence-corrected chi connectivity index (χ1v) is 14.6. The molecule has 0 bridgehead atoms. The van der Waals surface area contributed by atoms with Crippen LogP contribution in [0.25, 0.3) is 0 Å². The molecular weight excluding hydrogens is 520 g/mol. The van der Waals surface area contributed by atoms with E-state index in [0.29, 0.717) is 23.7 Å². The molecule has 0 aromatic heterocycles. The largest absolute Gasteiger partial charge is 0.371 e. The van der Waals surface area contributed by atoms with Gasteiger partial charge in [0.15, 0.2) is 6.29 Å². The van der Waals surface area contributed by atoms with Crippen molar-refractivity contribution in [2.45, 2.75) is 50.5 Å². The van der Waals surface area contributed by atoms with Gasteiger partial charge in [-0.25, -0.2) is 0 Å². The average Bonchev–Trinajstić information content (AvgIpc) is 3.01. The zero-order valence-electron chi connectivity index (χ0n) is 23.6. The number of piperidine rings is 3. The van der Waals surface area contributed by atoms with Gasteiger partial charge < -0.3 is 14.7 Å². The van der Waals surface area contributed by atoms with E-state index in [4.69, 9.17) is 0 Å². The second-order valence-corrected chi connectivity index (χ2v) is 11.6. The fourth-order valence-electron chi connectivity index (χ4n) is 6.46. The van der Waals surface area contributed by atoms with Crippen LogP contribution in [0.3, 0.4) is 0 Å². The number of nitrogens with one attached hydrogen (secondary N) is 1. The molecule has 3 saturated heterocycles. The van der Waals surface area contributed by atoms with Gasteiger partial charge in [-0.05, 0) is 80.8 Å². The zero-order valence-corrected chi connectivity index (χ0v) is 23.6. The smallest absolute Gasteiger partial charge is 0.255 e. The maximum absolute atomic E-state index is 13.2. The molecule has 5 rings (SSSR count). The van der Waals surface area contributed by atoms with Crippen LogP contribution in [-0.4, -0.2) is 85.9 Å². The second-order valence-electron chi connectivity index (χ2n) is 11.6. The number of hydrogen-bond acceptors (Lipinski definition) is 7. The zero-order chi connectivity index (χ0) is 28.9. The van der Waals surface area contributed by atoms with Crippen LogP contribution in [-0.2, 0) is 9.59 Å². The molecule has 3 aliphatic rings. The van der Waals surface area contributed by atoms with Gasteiger partial charge in [0.2, 0.25) is 11.8 Å². The summed E-state index contributed by atoms with van der Waals surface area (Å²) in [5.74, 6) is -0.0485. The van der Waals surface area contributed by atoms with Crippen molar-refractivity contribution in [2.24, 2.45) is 5.92 Å². The van der Waals surface area contributed by atoms with Crippen molar-refractivity contribution in [3.63, 3.8) is 0 Å². The SMILES string of the molecule is CN(C(=O)c1ccc(N2CCC(CN3CCC(c4ccc(C=O)cc4)CC3)CC2)cc1C=O)C1CCC(=O)NC1=O. The van der Waals surface area contributed by atoms with E-state index < -0.39 is 17.9 Å². The Kier molecular flexibility index (Phi) is 8.93. The number of carbonyl (C=O) groups excluding carboxylic acids is 5. The number of hydrogen-bond donors (Lipinski definition) is 1. The third kappa shape index (κ3) is 6.56. The molecule has 216 valence electrons. The van der Waals surface area contributed by atoms with Gasteiger partial charge in [0.1, 0.15) is 12.3 Å². The Labute approximate surface area is 240 Å². The van der Waals surface area contributed by atoms with Crippen LogP contribution in [0.2, 0.25) is 0 Å². The summed E-state index contributed by atoms with van der Waals surface area (Å²) in [5, 5.41) is 2.28. The number of likely N-dealkylation sites (tertiary alicyclic amines) is 1. The normalized spacial score (nSPS) is 20.9. The van der Waals surface area contributed by atoms with Gasteiger partial charge in [-0.3, -0.25) is 29.3 Å². The van der Waals surface area contributed by atoms with Crippen LogP contribution >= 0.6 is 0 Å². The van der Waals surface area contributed by atoms with E-state index in [9.17, 15) is 24.0 Å². The Morgan fingerprint density at radius 1 is 0.927 bits per heavy atom. The number of carbonyl (C=O) groups is 5. The monoisotopic (exact) mass is 558 g/mol. The molecule has 0 spiro atoms. The molecule has 0 radical (unpaired) electrons. The molecule has 41 heavy (non-hydrogen) atoms. The first kappa shape index (κ1) is 28.7. The van der Waals surface area contributed by atoms with Crippen molar-refractivity contribution in [3.8, 4) is 0 Å². The van der Waals surface area contributed by atoms with E-state index in [1.165, 1.54) is 17.5 Å². The Balaban J connectivity index is 1.12. The summed E-state index contributed by atoms with van der Waals surface area (Å²) < 4.78 is 0. The van der Waals surface area contributed by atoms with Crippen molar-refractivity contribution in [1.82, 2.24) is 15.1 Å². The summed E-state index contributed by atoms with van der Waals surface area (Å²) >= 11 is 0. The highest BCUT2D eigenvalue weighted by atomic mass is 16.2. The van der Waals surface area contributed by atoms with Crippen molar-refractivity contribution < 1.29 is 24.0 Å². The van der Waals surface area contributed by atoms with Gasteiger partial charge in [-0.2, -0.15) is 0 Å². The number of rotatable bonds is 8. The fraction of sp³-hybridized carbons (Fsp3) is 0.469. The third-order valence-electron chi connectivity index (χ3n) is 9.02. The average molecular weight is 559 g/mol. The van der Waals surface area contributed by atoms with E-state index in [1.807, 2.05) is 18.2 Å². The molecule has 3 heterocycles. The Bertz CT molecular complexity index is 1290. The van der Waals surface area contributed by atoms with Crippen LogP contribution in [0, 0.1) is 5.92 Å². The molecule has 9 heteroatoms. The van der Waals surface area contributed by atoms with Crippen LogP contribution in [0.15, 0.2) is 42.5 Å². The molecular formula is C32H38N4O5. The molecule has 0 aliphatic carbocycles. The predicted molar refractivity (Wildman–Crippen MR) is 155 cm³/mol. The maximum Gasteiger partial charge on any atom is 0.255 e. The van der Waals surface area contributed by atoms with Crippen molar-refractivity contribution in [3.05, 3.63) is 64.7 Å². The van der Waals surface area contributed by atoms with Crippen LogP contribution < -0.4 is 10.2 Å². The summed E-state index contributed by atoms with van der Waals surface area (Å²) in [6.07, 6.45) is 6.45. The van der Waals surface area contributed by atoms with Crippen molar-refractivity contribution in [1.29, 1.82) is 0 Å². The summed E-state index contributed by atoms with van der Waals surface area (Å²) in [6, 6.07) is 12.6. The maximum atomic E-state index is 13.2. The molecule has 2 aromatic rings. The topological polar surface area (TPSA) is 107 Å². The molecule has 3 amide bonds. The summed E-state index contributed by atoms with van der Waals surface area (Å²) in [5.41, 5.74) is 3.54. The first-order chi connectivity index (χ1) is 19.9. The number of imide groups is 1. The molecule has 1 N–H and O–H groups in total. The number of anilines is 1. The van der Waals surface area contributed by atoms with Crippen molar-refractivity contribution >= 4 is 36.0 Å². The van der Waals surface area contributed by atoms with E-state index in [2.05, 4.69) is 27.2 Å². The lowest BCUT2D eigenvalue weighted by Crippen LogP contribution is -2.53. The lowest BCUT2D eigenvalue weighted by atomic mass is 9.88. The van der Waals surface area contributed by atoms with Gasteiger partial charge in [0, 0.05) is 49.9 Å². The summed E-state index contributed by atoms with van der Waals surface area (Å²) in [7, 11) is 1.53. The number of benzene rings is 2. The number of nitrogens with zero attached hydrogens (tertiary/aromatic N) is 3. The molecule has 9 nitrogen and oxygen atoms in total. The van der Waals surface area contributed by atoms with Gasteiger partial charge >= 0.3 is 0 Å². The second kappa shape index (κ2) is 12.8. The fourth-order valence-corrected chi connectivity index (χ4v) is 6.46. The first-order valence-electron chi connectivity index (χ1n) is 14.6. The van der Waals surface area contributed by atoms with Crippen molar-refractivity contribution in [2.75, 3.05) is 44.7 Å². The lowest BCUT2D eigenvalue weighted by molar-refractivity contribution is -0.136. The number of amides is 3. The summed E-state index contributed by atoms with van der Waals surface area (Å²) in [4.78, 5) is 65.9. The highest BCUT2D eigenvalue weighted by Gasteiger charge is 2.33. The molecule has 3 aliphatic heterocycles. The van der Waals surface area contributed by atoms with Gasteiger partial charge in [0.05, 0.1) is 5.56 Å². The van der Waals surface area contributed by atoms with Gasteiger partial charge in [0.25, 0.3) is 5.91 Å². The molecule has 1 atom stereocenters. The molecule has 3 fully saturated rings. The van der Waals surface area contributed by atoms with E-state index in [-0.39, 0.29) is 24.3 Å². The van der Waals surface area contributed by atoms with Crippen LogP contribution in [0.4, 0.5) is 5.69 Å². The highest BCUT2D eigenvalue weighted by Crippen LogP contribution is 2.31. The molecule has 2 aromatic carbocycles. The van der Waals surface area contributed by atoms with Crippen LogP contribution in [0.5, 0.6) is 0 Å². The number of likely N-dealkylation sites (N-methyl/N-ethyl adjacent to an activating group) is 1. The quantitative estimate of drug-likeness (QED) is 0.391. The Hall–Kier alpha value is -3.85. The van der Waals surface area contributed by atoms with E-state index >= 15 is 0 Å². The molecule has 0 saturated carbocycles. The van der Waals surface area contributed by atoms with E-state index in [1.54, 1.807) is 12.1 Å². The highest BCUT2D eigenvalue weighted by molar-refractivity contribution is 6.06. The van der Waals surface area contributed by atoms with Gasteiger partial charge in [-0.1, -0.05) is 24.3 Å². The number of aldehydes is 2. The van der Waals surface area contributed by atoms with Gasteiger partial charge in [-0.15, -0.1) is 0 Å². The minimum absolute atomic E-state index is 0.180. The lowest BCUT2D eigenvalue weighted by Gasteiger charge is -2.38. The molecule has 1 unspecified atom stereocenters. The van der Waals surface area contributed by atoms with Crippen LogP contribution in [0.1, 0.15) is 81.1 Å². The minimum atomic E-state index is -0.737.